The number of aliphatic hydroxyl groups is 2. The lowest BCUT2D eigenvalue weighted by Crippen LogP contribution is -2.35. The number of aliphatic hydroxyl groups excluding tert-OH is 2. The normalized spacial score (nSPS) is 18.0. The summed E-state index contributed by atoms with van der Waals surface area (Å²) in [6.45, 7) is 4.00. The Balaban J connectivity index is 1.63. The van der Waals surface area contributed by atoms with Crippen molar-refractivity contribution in [3.8, 4) is 5.75 Å². The van der Waals surface area contributed by atoms with Gasteiger partial charge in [-0.1, -0.05) is 6.07 Å². The van der Waals surface area contributed by atoms with Gasteiger partial charge in [0.15, 0.2) is 0 Å². The zero-order chi connectivity index (χ0) is 17.1. The Bertz CT molecular complexity index is 667. The monoisotopic (exact) mass is 348 g/mol. The van der Waals surface area contributed by atoms with Crippen LogP contribution in [0.2, 0.25) is 0 Å². The van der Waals surface area contributed by atoms with Crippen LogP contribution >= 0.6 is 11.3 Å². The molecule has 2 aromatic heterocycles. The van der Waals surface area contributed by atoms with Gasteiger partial charge >= 0.3 is 0 Å². The fourth-order valence-electron chi connectivity index (χ4n) is 3.34. The highest BCUT2D eigenvalue weighted by molar-refractivity contribution is 7.10. The molecular weight excluding hydrogens is 324 g/mol. The Kier molecular flexibility index (Phi) is 5.50. The van der Waals surface area contributed by atoms with Crippen LogP contribution in [0.1, 0.15) is 40.6 Å². The smallest absolute Gasteiger partial charge is 0.141 e. The van der Waals surface area contributed by atoms with E-state index >= 15 is 0 Å². The molecule has 3 N–H and O–H groups in total. The molecule has 0 bridgehead atoms. The number of piperidine rings is 1. The van der Waals surface area contributed by atoms with Crippen molar-refractivity contribution in [2.75, 3.05) is 13.1 Å². The van der Waals surface area contributed by atoms with Crippen molar-refractivity contribution in [3.63, 3.8) is 0 Å². The van der Waals surface area contributed by atoms with E-state index in [2.05, 4.69) is 9.88 Å². The summed E-state index contributed by atoms with van der Waals surface area (Å²) in [5, 5.41) is 32.2. The molecule has 1 atom stereocenters. The van der Waals surface area contributed by atoms with Crippen LogP contribution < -0.4 is 0 Å². The lowest BCUT2D eigenvalue weighted by atomic mass is 9.90. The zero-order valence-corrected chi connectivity index (χ0v) is 14.7. The molecule has 3 rings (SSSR count). The van der Waals surface area contributed by atoms with E-state index in [0.717, 1.165) is 36.4 Å². The number of nitrogens with zero attached hydrogens (tertiary/aromatic N) is 2. The van der Waals surface area contributed by atoms with Gasteiger partial charge in [0, 0.05) is 28.7 Å². The predicted molar refractivity (Wildman–Crippen MR) is 93.8 cm³/mol. The largest absolute Gasteiger partial charge is 0.506 e. The second-order valence-electron chi connectivity index (χ2n) is 6.43. The van der Waals surface area contributed by atoms with E-state index in [4.69, 9.17) is 0 Å². The van der Waals surface area contributed by atoms with Crippen LogP contribution in [0.3, 0.4) is 0 Å². The number of aromatic hydroxyl groups is 1. The summed E-state index contributed by atoms with van der Waals surface area (Å²) in [7, 11) is 0. The van der Waals surface area contributed by atoms with Crippen LogP contribution in [-0.2, 0) is 13.2 Å². The first-order chi connectivity index (χ1) is 11.6. The van der Waals surface area contributed by atoms with Crippen molar-refractivity contribution in [2.45, 2.75) is 39.0 Å². The minimum absolute atomic E-state index is 0.121. The van der Waals surface area contributed by atoms with Gasteiger partial charge in [-0.05, 0) is 50.2 Å². The molecule has 1 fully saturated rings. The summed E-state index contributed by atoms with van der Waals surface area (Å²) in [5.41, 5.74) is 2.03. The number of hydrogen-bond donors (Lipinski definition) is 3. The van der Waals surface area contributed by atoms with Crippen molar-refractivity contribution in [1.82, 2.24) is 9.88 Å². The highest BCUT2D eigenvalue weighted by atomic mass is 32.1. The molecule has 2 aromatic rings. The number of hydrogen-bond acceptors (Lipinski definition) is 6. The topological polar surface area (TPSA) is 76.8 Å². The Labute approximate surface area is 146 Å². The number of aromatic nitrogens is 1. The highest BCUT2D eigenvalue weighted by Crippen LogP contribution is 2.34. The number of pyridine rings is 1. The molecule has 0 amide bonds. The standard InChI is InChI=1S/C18H24N2O3S/c1-12-17(22)15(14(11-21)9-19-12)10-20-6-4-13(5-7-20)18(23)16-3-2-8-24-16/h2-3,8-9,13,18,21-23H,4-7,10-11H2,1H3. The van der Waals surface area contributed by atoms with Crippen molar-refractivity contribution in [3.05, 3.63) is 45.4 Å². The maximum absolute atomic E-state index is 10.5. The molecule has 130 valence electrons. The fraction of sp³-hybridized carbons (Fsp3) is 0.500. The average Bonchev–Trinajstić information content (AvgIpc) is 3.14. The first-order valence-corrected chi connectivity index (χ1v) is 9.19. The van der Waals surface area contributed by atoms with Gasteiger partial charge in [0.2, 0.25) is 0 Å². The molecule has 6 heteroatoms. The minimum Gasteiger partial charge on any atom is -0.506 e. The average molecular weight is 348 g/mol. The molecule has 0 spiro atoms. The van der Waals surface area contributed by atoms with E-state index < -0.39 is 0 Å². The van der Waals surface area contributed by atoms with Gasteiger partial charge in [0.1, 0.15) is 5.75 Å². The number of likely N-dealkylation sites (tertiary alicyclic amines) is 1. The Morgan fingerprint density at radius 1 is 1.38 bits per heavy atom. The first-order valence-electron chi connectivity index (χ1n) is 8.31. The fourth-order valence-corrected chi connectivity index (χ4v) is 4.14. The van der Waals surface area contributed by atoms with E-state index in [9.17, 15) is 15.3 Å². The summed E-state index contributed by atoms with van der Waals surface area (Å²) in [6, 6.07) is 3.97. The SMILES string of the molecule is Cc1ncc(CO)c(CN2CCC(C(O)c3cccs3)CC2)c1O. The maximum atomic E-state index is 10.5. The van der Waals surface area contributed by atoms with Gasteiger partial charge in [-0.15, -0.1) is 11.3 Å². The third-order valence-corrected chi connectivity index (χ3v) is 5.84. The van der Waals surface area contributed by atoms with Crippen LogP contribution in [0.15, 0.2) is 23.7 Å². The second-order valence-corrected chi connectivity index (χ2v) is 7.41. The van der Waals surface area contributed by atoms with Crippen LogP contribution in [0.25, 0.3) is 0 Å². The molecule has 24 heavy (non-hydrogen) atoms. The summed E-state index contributed by atoms with van der Waals surface area (Å²) in [5.74, 6) is 0.465. The van der Waals surface area contributed by atoms with E-state index in [0.29, 0.717) is 17.8 Å². The van der Waals surface area contributed by atoms with Crippen LogP contribution in [0, 0.1) is 12.8 Å². The Morgan fingerprint density at radius 2 is 2.12 bits per heavy atom. The Morgan fingerprint density at radius 3 is 2.75 bits per heavy atom. The summed E-state index contributed by atoms with van der Waals surface area (Å²) < 4.78 is 0. The zero-order valence-electron chi connectivity index (χ0n) is 13.9. The van der Waals surface area contributed by atoms with Gasteiger partial charge in [-0.2, -0.15) is 0 Å². The highest BCUT2D eigenvalue weighted by Gasteiger charge is 2.27. The lowest BCUT2D eigenvalue weighted by Gasteiger charge is -2.34. The molecule has 0 aromatic carbocycles. The molecule has 1 saturated heterocycles. The number of aryl methyl sites for hydroxylation is 1. The minimum atomic E-state index is -0.378. The molecule has 1 aliphatic heterocycles. The second kappa shape index (κ2) is 7.61. The molecular formula is C18H24N2O3S. The molecule has 1 aliphatic rings. The molecule has 0 aliphatic carbocycles. The lowest BCUT2D eigenvalue weighted by molar-refractivity contribution is 0.0586. The summed E-state index contributed by atoms with van der Waals surface area (Å²) in [6.07, 6.45) is 3.12. The summed E-state index contributed by atoms with van der Waals surface area (Å²) in [4.78, 5) is 7.42. The maximum Gasteiger partial charge on any atom is 0.141 e. The quantitative estimate of drug-likeness (QED) is 0.774. The van der Waals surface area contributed by atoms with Crippen molar-refractivity contribution < 1.29 is 15.3 Å². The van der Waals surface area contributed by atoms with E-state index in [1.54, 1.807) is 24.5 Å². The predicted octanol–water partition coefficient (Wildman–Crippen LogP) is 2.60. The van der Waals surface area contributed by atoms with Gasteiger partial charge < -0.3 is 15.3 Å². The van der Waals surface area contributed by atoms with Gasteiger partial charge in [0.25, 0.3) is 0 Å². The first kappa shape index (κ1) is 17.4. The van der Waals surface area contributed by atoms with Crippen molar-refractivity contribution >= 4 is 11.3 Å². The van der Waals surface area contributed by atoms with Gasteiger partial charge in [-0.25, -0.2) is 0 Å². The summed E-state index contributed by atoms with van der Waals surface area (Å²) >= 11 is 1.61. The van der Waals surface area contributed by atoms with E-state index in [-0.39, 0.29) is 24.4 Å². The molecule has 0 saturated carbocycles. The van der Waals surface area contributed by atoms with Crippen LogP contribution in [-0.4, -0.2) is 38.3 Å². The number of thiophene rings is 1. The van der Waals surface area contributed by atoms with Crippen molar-refractivity contribution in [1.29, 1.82) is 0 Å². The molecule has 1 unspecified atom stereocenters. The molecule has 3 heterocycles. The van der Waals surface area contributed by atoms with Crippen LogP contribution in [0.4, 0.5) is 0 Å². The third-order valence-electron chi connectivity index (χ3n) is 4.90. The van der Waals surface area contributed by atoms with E-state index in [1.807, 2.05) is 17.5 Å². The van der Waals surface area contributed by atoms with Gasteiger partial charge in [-0.3, -0.25) is 9.88 Å². The third kappa shape index (κ3) is 3.62. The van der Waals surface area contributed by atoms with Crippen LogP contribution in [0.5, 0.6) is 5.75 Å². The van der Waals surface area contributed by atoms with Gasteiger partial charge in [0.05, 0.1) is 18.4 Å². The molecule has 5 nitrogen and oxygen atoms in total. The Hall–Kier alpha value is -1.47. The van der Waals surface area contributed by atoms with E-state index in [1.165, 1.54) is 0 Å². The van der Waals surface area contributed by atoms with Crippen molar-refractivity contribution in [2.24, 2.45) is 5.92 Å². The molecule has 0 radical (unpaired) electrons. The number of rotatable bonds is 5.